The third kappa shape index (κ3) is 3.04. The molecule has 0 fully saturated rings. The van der Waals surface area contributed by atoms with E-state index in [-0.39, 0.29) is 11.3 Å². The van der Waals surface area contributed by atoms with Crippen molar-refractivity contribution >= 4 is 22.7 Å². The summed E-state index contributed by atoms with van der Waals surface area (Å²) in [4.78, 5) is 12.8. The highest BCUT2D eigenvalue weighted by Gasteiger charge is 2.19. The molecule has 0 amide bonds. The van der Waals surface area contributed by atoms with Gasteiger partial charge in [-0.3, -0.25) is 4.98 Å². The minimum atomic E-state index is 0.00567. The molecule has 0 aliphatic carbocycles. The van der Waals surface area contributed by atoms with Crippen molar-refractivity contribution in [3.63, 3.8) is 0 Å². The fraction of sp³-hybridized carbons (Fsp3) is 0.188. The quantitative estimate of drug-likeness (QED) is 0.591. The van der Waals surface area contributed by atoms with Crippen LogP contribution in [0, 0.1) is 0 Å². The molecular formula is C16H16N4S. The van der Waals surface area contributed by atoms with Crippen LogP contribution in [0.15, 0.2) is 60.1 Å². The molecule has 0 aliphatic heterocycles. The Morgan fingerprint density at radius 1 is 1.05 bits per heavy atom. The van der Waals surface area contributed by atoms with E-state index in [1.807, 2.05) is 43.3 Å². The van der Waals surface area contributed by atoms with Crippen molar-refractivity contribution < 1.29 is 0 Å². The van der Waals surface area contributed by atoms with Crippen molar-refractivity contribution in [1.82, 2.24) is 15.0 Å². The molecule has 0 radical (unpaired) electrons. The molecule has 0 saturated carbocycles. The SMILES string of the molecule is CC(N)C(Sc1ncnc2ccccc12)c1ccncc1. The smallest absolute Gasteiger partial charge is 0.117 e. The van der Waals surface area contributed by atoms with Crippen LogP contribution < -0.4 is 5.73 Å². The Kier molecular flexibility index (Phi) is 4.13. The van der Waals surface area contributed by atoms with Gasteiger partial charge in [-0.25, -0.2) is 9.97 Å². The number of nitrogens with zero attached hydrogens (tertiary/aromatic N) is 3. The van der Waals surface area contributed by atoms with Crippen LogP contribution in [0.4, 0.5) is 0 Å². The van der Waals surface area contributed by atoms with Crippen LogP contribution in [0.1, 0.15) is 17.7 Å². The van der Waals surface area contributed by atoms with Gasteiger partial charge in [0.2, 0.25) is 0 Å². The molecule has 2 unspecified atom stereocenters. The Morgan fingerprint density at radius 2 is 1.81 bits per heavy atom. The molecule has 3 rings (SSSR count). The fourth-order valence-corrected chi connectivity index (χ4v) is 3.38. The number of para-hydroxylation sites is 1. The van der Waals surface area contributed by atoms with E-state index in [1.54, 1.807) is 30.5 Å². The van der Waals surface area contributed by atoms with Crippen LogP contribution in [0.3, 0.4) is 0 Å². The van der Waals surface area contributed by atoms with Crippen LogP contribution >= 0.6 is 11.8 Å². The summed E-state index contributed by atoms with van der Waals surface area (Å²) >= 11 is 1.68. The first kappa shape index (κ1) is 14.0. The fourth-order valence-electron chi connectivity index (χ4n) is 2.23. The maximum absolute atomic E-state index is 6.18. The van der Waals surface area contributed by atoms with Crippen LogP contribution in [-0.4, -0.2) is 21.0 Å². The second-order valence-electron chi connectivity index (χ2n) is 4.87. The Labute approximate surface area is 127 Å². The van der Waals surface area contributed by atoms with Gasteiger partial charge in [-0.2, -0.15) is 0 Å². The molecule has 1 aromatic carbocycles. The van der Waals surface area contributed by atoms with Gasteiger partial charge in [0.15, 0.2) is 0 Å². The van der Waals surface area contributed by atoms with E-state index < -0.39 is 0 Å². The minimum absolute atomic E-state index is 0.00567. The van der Waals surface area contributed by atoms with E-state index in [0.29, 0.717) is 0 Å². The molecule has 4 nitrogen and oxygen atoms in total. The van der Waals surface area contributed by atoms with Gasteiger partial charge in [0, 0.05) is 23.8 Å². The lowest BCUT2D eigenvalue weighted by Crippen LogP contribution is -2.22. The molecule has 0 spiro atoms. The molecule has 2 heterocycles. The number of fused-ring (bicyclic) bond motifs is 1. The molecular weight excluding hydrogens is 280 g/mol. The maximum Gasteiger partial charge on any atom is 0.117 e. The molecule has 2 aromatic heterocycles. The molecule has 2 atom stereocenters. The zero-order valence-electron chi connectivity index (χ0n) is 11.7. The summed E-state index contributed by atoms with van der Waals surface area (Å²) in [6, 6.07) is 12.0. The van der Waals surface area contributed by atoms with E-state index in [4.69, 9.17) is 5.73 Å². The lowest BCUT2D eigenvalue weighted by Gasteiger charge is -2.20. The summed E-state index contributed by atoms with van der Waals surface area (Å²) in [7, 11) is 0. The summed E-state index contributed by atoms with van der Waals surface area (Å²) in [5.41, 5.74) is 8.29. The highest BCUT2D eigenvalue weighted by atomic mass is 32.2. The van der Waals surface area contributed by atoms with E-state index >= 15 is 0 Å². The standard InChI is InChI=1S/C16H16N4S/c1-11(17)15(12-6-8-18-9-7-12)21-16-13-4-2-3-5-14(13)19-10-20-16/h2-11,15H,17H2,1H3. The summed E-state index contributed by atoms with van der Waals surface area (Å²) in [6.45, 7) is 2.02. The van der Waals surface area contributed by atoms with Gasteiger partial charge in [-0.15, -0.1) is 0 Å². The predicted octanol–water partition coefficient (Wildman–Crippen LogP) is 3.21. The van der Waals surface area contributed by atoms with Gasteiger partial charge in [-0.05, 0) is 30.7 Å². The van der Waals surface area contributed by atoms with Crippen LogP contribution in [-0.2, 0) is 0 Å². The minimum Gasteiger partial charge on any atom is -0.327 e. The third-order valence-electron chi connectivity index (χ3n) is 3.26. The first-order valence-corrected chi connectivity index (χ1v) is 7.65. The number of thioether (sulfide) groups is 1. The second-order valence-corrected chi connectivity index (χ2v) is 6.00. The lowest BCUT2D eigenvalue weighted by molar-refractivity contribution is 0.719. The Bertz CT molecular complexity index is 725. The van der Waals surface area contributed by atoms with Crippen molar-refractivity contribution in [2.75, 3.05) is 0 Å². The van der Waals surface area contributed by atoms with Crippen LogP contribution in [0.25, 0.3) is 10.9 Å². The Morgan fingerprint density at radius 3 is 2.57 bits per heavy atom. The zero-order valence-corrected chi connectivity index (χ0v) is 12.5. The molecule has 3 aromatic rings. The largest absolute Gasteiger partial charge is 0.327 e. The summed E-state index contributed by atoms with van der Waals surface area (Å²) in [6.07, 6.45) is 5.20. The number of pyridine rings is 1. The van der Waals surface area contributed by atoms with Gasteiger partial charge < -0.3 is 5.73 Å². The van der Waals surface area contributed by atoms with Crippen molar-refractivity contribution in [3.8, 4) is 0 Å². The topological polar surface area (TPSA) is 64.7 Å². The predicted molar refractivity (Wildman–Crippen MR) is 86.0 cm³/mol. The lowest BCUT2D eigenvalue weighted by atomic mass is 10.1. The summed E-state index contributed by atoms with van der Waals surface area (Å²) in [5.74, 6) is 0. The van der Waals surface area contributed by atoms with Crippen molar-refractivity contribution in [3.05, 3.63) is 60.7 Å². The molecule has 106 valence electrons. The maximum atomic E-state index is 6.18. The van der Waals surface area contributed by atoms with Gasteiger partial charge in [0.05, 0.1) is 10.8 Å². The van der Waals surface area contributed by atoms with Crippen molar-refractivity contribution in [1.29, 1.82) is 0 Å². The van der Waals surface area contributed by atoms with Gasteiger partial charge in [0.1, 0.15) is 11.4 Å². The average Bonchev–Trinajstić information content (AvgIpc) is 2.53. The average molecular weight is 296 g/mol. The molecule has 5 heteroatoms. The van der Waals surface area contributed by atoms with Crippen molar-refractivity contribution in [2.24, 2.45) is 5.73 Å². The molecule has 0 bridgehead atoms. The number of rotatable bonds is 4. The van der Waals surface area contributed by atoms with Gasteiger partial charge >= 0.3 is 0 Å². The molecule has 0 saturated heterocycles. The van der Waals surface area contributed by atoms with E-state index in [0.717, 1.165) is 21.5 Å². The Hall–Kier alpha value is -1.98. The van der Waals surface area contributed by atoms with E-state index in [2.05, 4.69) is 15.0 Å². The first-order chi connectivity index (χ1) is 10.3. The first-order valence-electron chi connectivity index (χ1n) is 6.77. The monoisotopic (exact) mass is 296 g/mol. The van der Waals surface area contributed by atoms with Gasteiger partial charge in [0.25, 0.3) is 0 Å². The number of nitrogens with two attached hydrogens (primary N) is 1. The number of benzene rings is 1. The molecule has 2 N–H and O–H groups in total. The molecule has 0 aliphatic rings. The second kappa shape index (κ2) is 6.20. The Balaban J connectivity index is 1.99. The van der Waals surface area contributed by atoms with Crippen LogP contribution in [0.5, 0.6) is 0 Å². The third-order valence-corrected chi connectivity index (χ3v) is 4.76. The zero-order chi connectivity index (χ0) is 14.7. The number of hydrogen-bond acceptors (Lipinski definition) is 5. The van der Waals surface area contributed by atoms with E-state index in [1.165, 1.54) is 0 Å². The number of hydrogen-bond donors (Lipinski definition) is 1. The summed E-state index contributed by atoms with van der Waals surface area (Å²) in [5, 5.41) is 2.15. The highest BCUT2D eigenvalue weighted by Crippen LogP contribution is 2.38. The summed E-state index contributed by atoms with van der Waals surface area (Å²) < 4.78 is 0. The number of aromatic nitrogens is 3. The van der Waals surface area contributed by atoms with Crippen molar-refractivity contribution in [2.45, 2.75) is 23.2 Å². The highest BCUT2D eigenvalue weighted by molar-refractivity contribution is 7.99. The van der Waals surface area contributed by atoms with E-state index in [9.17, 15) is 0 Å². The normalized spacial score (nSPS) is 14.0. The van der Waals surface area contributed by atoms with Gasteiger partial charge in [-0.1, -0.05) is 30.0 Å². The van der Waals surface area contributed by atoms with Crippen LogP contribution in [0.2, 0.25) is 0 Å². The molecule has 21 heavy (non-hydrogen) atoms.